The number of nitrogens with one attached hydrogen (secondary N) is 1. The van der Waals surface area contributed by atoms with Crippen LogP contribution in [-0.2, 0) is 29.6 Å². The van der Waals surface area contributed by atoms with Crippen molar-refractivity contribution in [3.63, 3.8) is 0 Å². The first-order valence-electron chi connectivity index (χ1n) is 10.9. The number of benzene rings is 2. The largest absolute Gasteiger partial charge is 0.456 e. The normalized spacial score (nSPS) is 11.8. The third-order valence-corrected chi connectivity index (χ3v) is 6.80. The van der Waals surface area contributed by atoms with E-state index in [0.29, 0.717) is 5.82 Å². The van der Waals surface area contributed by atoms with Gasteiger partial charge in [0.05, 0.1) is 28.5 Å². The second-order valence-electron chi connectivity index (χ2n) is 9.00. The molecule has 0 fully saturated rings. The minimum atomic E-state index is -3.62. The predicted octanol–water partition coefficient (Wildman–Crippen LogP) is 3.82. The summed E-state index contributed by atoms with van der Waals surface area (Å²) in [6, 6.07) is 17.5. The number of carbonyl (C=O) groups excluding carboxylic acids is 2. The van der Waals surface area contributed by atoms with E-state index in [2.05, 4.69) is 10.4 Å². The Balaban J connectivity index is 1.60. The van der Waals surface area contributed by atoms with Crippen molar-refractivity contribution in [2.75, 3.05) is 17.7 Å². The number of aromatic nitrogens is 2. The number of nitrogens with zero attached hydrogens (tertiary/aromatic N) is 2. The van der Waals surface area contributed by atoms with Crippen LogP contribution in [0.1, 0.15) is 38.4 Å². The Morgan fingerprint density at radius 3 is 2.29 bits per heavy atom. The van der Waals surface area contributed by atoms with Gasteiger partial charge < -0.3 is 10.1 Å². The van der Waals surface area contributed by atoms with Crippen molar-refractivity contribution < 1.29 is 22.7 Å². The Morgan fingerprint density at radius 1 is 1.03 bits per heavy atom. The highest BCUT2D eigenvalue weighted by Gasteiger charge is 2.22. The smallest absolute Gasteiger partial charge is 0.307 e. The lowest BCUT2D eigenvalue weighted by molar-refractivity contribution is -0.146. The van der Waals surface area contributed by atoms with Crippen LogP contribution in [-0.4, -0.2) is 42.4 Å². The van der Waals surface area contributed by atoms with Gasteiger partial charge in [-0.15, -0.1) is 0 Å². The van der Waals surface area contributed by atoms with Crippen molar-refractivity contribution in [2.45, 2.75) is 44.4 Å². The van der Waals surface area contributed by atoms with Crippen LogP contribution in [0.2, 0.25) is 0 Å². The Kier molecular flexibility index (Phi) is 7.56. The number of carbonyl (C=O) groups is 2. The molecule has 180 valence electrons. The molecule has 9 heteroatoms. The SMILES string of the molecule is Cc1ccc(S(=O)(=O)CCC(=O)OCC(=O)Nc2cc(C(C)(C)C)nn2-c2ccccc2)cc1. The zero-order valence-electron chi connectivity index (χ0n) is 19.7. The molecule has 8 nitrogen and oxygen atoms in total. The number of hydrogen-bond donors (Lipinski definition) is 1. The second-order valence-corrected chi connectivity index (χ2v) is 11.1. The lowest BCUT2D eigenvalue weighted by Crippen LogP contribution is -2.23. The lowest BCUT2D eigenvalue weighted by Gasteiger charge is -2.14. The number of sulfone groups is 1. The molecular weight excluding hydrogens is 454 g/mol. The molecule has 0 saturated heterocycles. The van der Waals surface area contributed by atoms with E-state index in [0.717, 1.165) is 16.9 Å². The molecule has 0 aliphatic rings. The van der Waals surface area contributed by atoms with Gasteiger partial charge in [0.2, 0.25) is 0 Å². The van der Waals surface area contributed by atoms with Gasteiger partial charge >= 0.3 is 5.97 Å². The van der Waals surface area contributed by atoms with Crippen molar-refractivity contribution in [3.05, 3.63) is 71.9 Å². The van der Waals surface area contributed by atoms with Crippen molar-refractivity contribution in [1.82, 2.24) is 9.78 Å². The van der Waals surface area contributed by atoms with E-state index >= 15 is 0 Å². The summed E-state index contributed by atoms with van der Waals surface area (Å²) in [5.74, 6) is -1.27. The summed E-state index contributed by atoms with van der Waals surface area (Å²) < 4.78 is 31.4. The summed E-state index contributed by atoms with van der Waals surface area (Å²) in [4.78, 5) is 24.7. The molecule has 3 aromatic rings. The maximum atomic E-state index is 12.5. The van der Waals surface area contributed by atoms with Crippen molar-refractivity contribution in [1.29, 1.82) is 0 Å². The standard InChI is InChI=1S/C25H29N3O5S/c1-18-10-12-20(13-11-18)34(31,32)15-14-24(30)33-17-23(29)26-22-16-21(25(2,3)4)27-28(22)19-8-6-5-7-9-19/h5-13,16H,14-15,17H2,1-4H3,(H,26,29). The van der Waals surface area contributed by atoms with Crippen LogP contribution in [0.25, 0.3) is 5.69 Å². The van der Waals surface area contributed by atoms with Gasteiger partial charge in [0.15, 0.2) is 16.4 Å². The van der Waals surface area contributed by atoms with Gasteiger partial charge in [0, 0.05) is 11.5 Å². The highest BCUT2D eigenvalue weighted by Crippen LogP contribution is 2.26. The quantitative estimate of drug-likeness (QED) is 0.488. The first-order valence-corrected chi connectivity index (χ1v) is 12.5. The van der Waals surface area contributed by atoms with Crippen LogP contribution in [0.4, 0.5) is 5.82 Å². The van der Waals surface area contributed by atoms with Crippen LogP contribution in [0.3, 0.4) is 0 Å². The number of anilines is 1. The van der Waals surface area contributed by atoms with E-state index in [1.54, 1.807) is 22.9 Å². The summed E-state index contributed by atoms with van der Waals surface area (Å²) in [5, 5.41) is 7.34. The maximum absolute atomic E-state index is 12.5. The van der Waals surface area contributed by atoms with Crippen molar-refractivity contribution in [2.24, 2.45) is 0 Å². The Labute approximate surface area is 199 Å². The Bertz CT molecular complexity index is 1260. The van der Waals surface area contributed by atoms with E-state index in [1.165, 1.54) is 12.1 Å². The molecule has 0 unspecified atom stereocenters. The molecule has 1 heterocycles. The minimum absolute atomic E-state index is 0.146. The van der Waals surface area contributed by atoms with Gasteiger partial charge in [-0.25, -0.2) is 13.1 Å². The van der Waals surface area contributed by atoms with Crippen LogP contribution in [0, 0.1) is 6.92 Å². The van der Waals surface area contributed by atoms with Gasteiger partial charge in [-0.3, -0.25) is 9.59 Å². The van der Waals surface area contributed by atoms with Crippen LogP contribution in [0.5, 0.6) is 0 Å². The van der Waals surface area contributed by atoms with Crippen molar-refractivity contribution >= 4 is 27.5 Å². The zero-order chi connectivity index (χ0) is 24.9. The van der Waals surface area contributed by atoms with E-state index in [9.17, 15) is 18.0 Å². The molecule has 1 aromatic heterocycles. The fourth-order valence-electron chi connectivity index (χ4n) is 3.08. The number of para-hydroxylation sites is 1. The highest BCUT2D eigenvalue weighted by molar-refractivity contribution is 7.91. The van der Waals surface area contributed by atoms with Crippen molar-refractivity contribution in [3.8, 4) is 5.69 Å². The van der Waals surface area contributed by atoms with E-state index in [1.807, 2.05) is 58.0 Å². The van der Waals surface area contributed by atoms with Gasteiger partial charge in [-0.1, -0.05) is 56.7 Å². The number of ether oxygens (including phenoxy) is 1. The number of aryl methyl sites for hydroxylation is 1. The topological polar surface area (TPSA) is 107 Å². The molecule has 0 spiro atoms. The highest BCUT2D eigenvalue weighted by atomic mass is 32.2. The van der Waals surface area contributed by atoms with E-state index in [4.69, 9.17) is 4.74 Å². The van der Waals surface area contributed by atoms with Gasteiger partial charge in [-0.05, 0) is 31.2 Å². The van der Waals surface area contributed by atoms with E-state index < -0.39 is 34.1 Å². The Morgan fingerprint density at radius 2 is 1.68 bits per heavy atom. The molecule has 1 amide bonds. The fourth-order valence-corrected chi connectivity index (χ4v) is 4.30. The van der Waals surface area contributed by atoms with E-state index in [-0.39, 0.29) is 16.7 Å². The summed E-state index contributed by atoms with van der Waals surface area (Å²) in [7, 11) is -3.62. The maximum Gasteiger partial charge on any atom is 0.307 e. The molecule has 1 N–H and O–H groups in total. The number of hydrogen-bond acceptors (Lipinski definition) is 6. The molecule has 0 radical (unpaired) electrons. The van der Waals surface area contributed by atoms with Crippen LogP contribution in [0.15, 0.2) is 65.6 Å². The van der Waals surface area contributed by atoms with Gasteiger partial charge in [0.1, 0.15) is 5.82 Å². The summed E-state index contributed by atoms with van der Waals surface area (Å²) >= 11 is 0. The average Bonchev–Trinajstić information content (AvgIpc) is 3.21. The molecule has 3 rings (SSSR count). The van der Waals surface area contributed by atoms with Crippen LogP contribution >= 0.6 is 0 Å². The number of rotatable bonds is 8. The molecular formula is C25H29N3O5S. The first kappa shape index (κ1) is 25.2. The number of amides is 1. The lowest BCUT2D eigenvalue weighted by atomic mass is 9.92. The average molecular weight is 484 g/mol. The fraction of sp³-hybridized carbons (Fsp3) is 0.320. The summed E-state index contributed by atoms with van der Waals surface area (Å²) in [5.41, 5.74) is 2.25. The predicted molar refractivity (Wildman–Crippen MR) is 130 cm³/mol. The second kappa shape index (κ2) is 10.2. The molecule has 2 aromatic carbocycles. The first-order chi connectivity index (χ1) is 16.0. The molecule has 34 heavy (non-hydrogen) atoms. The third-order valence-electron chi connectivity index (χ3n) is 5.07. The molecule has 0 saturated carbocycles. The molecule has 0 atom stereocenters. The summed E-state index contributed by atoms with van der Waals surface area (Å²) in [6.45, 7) is 7.37. The number of esters is 1. The van der Waals surface area contributed by atoms with Crippen LogP contribution < -0.4 is 5.32 Å². The molecule has 0 aliphatic carbocycles. The zero-order valence-corrected chi connectivity index (χ0v) is 20.6. The molecule has 0 aliphatic heterocycles. The Hall–Kier alpha value is -3.46. The third kappa shape index (κ3) is 6.54. The molecule has 0 bridgehead atoms. The van der Waals surface area contributed by atoms with Gasteiger partial charge in [-0.2, -0.15) is 5.10 Å². The monoisotopic (exact) mass is 483 g/mol. The summed E-state index contributed by atoms with van der Waals surface area (Å²) in [6.07, 6.45) is -0.348. The van der Waals surface area contributed by atoms with Gasteiger partial charge in [0.25, 0.3) is 5.91 Å². The minimum Gasteiger partial charge on any atom is -0.456 e.